The zero-order valence-corrected chi connectivity index (χ0v) is 14.0. The van der Waals surface area contributed by atoms with E-state index in [4.69, 9.17) is 0 Å². The van der Waals surface area contributed by atoms with Crippen molar-refractivity contribution in [1.82, 2.24) is 4.90 Å². The Bertz CT molecular complexity index is 603. The third-order valence-corrected chi connectivity index (χ3v) is 5.36. The quantitative estimate of drug-likeness (QED) is 0.820. The van der Waals surface area contributed by atoms with Gasteiger partial charge in [0.2, 0.25) is 11.8 Å². The van der Waals surface area contributed by atoms with Gasteiger partial charge in [0.1, 0.15) is 0 Å². The van der Waals surface area contributed by atoms with Gasteiger partial charge in [0.05, 0.1) is 5.92 Å². The number of amides is 2. The van der Waals surface area contributed by atoms with Gasteiger partial charge < -0.3 is 10.2 Å². The van der Waals surface area contributed by atoms with E-state index in [9.17, 15) is 18.4 Å². The number of hydrogen-bond acceptors (Lipinski definition) is 3. The van der Waals surface area contributed by atoms with E-state index in [-0.39, 0.29) is 24.2 Å². The van der Waals surface area contributed by atoms with Crippen LogP contribution < -0.4 is 5.32 Å². The minimum atomic E-state index is -2.46. The maximum Gasteiger partial charge on any atom is 0.288 e. The zero-order chi connectivity index (χ0) is 17.1. The average molecular weight is 354 g/mol. The molecule has 0 spiro atoms. The number of carbonyl (C=O) groups is 2. The maximum atomic E-state index is 12.4. The third kappa shape index (κ3) is 4.06. The molecule has 24 heavy (non-hydrogen) atoms. The van der Waals surface area contributed by atoms with E-state index in [1.165, 1.54) is 0 Å². The standard InChI is InChI=1S/C17H20F2N2O2S/c18-17(19)24-14-7-5-12(6-8-14)20-16(23)11-9-15(22)21(10-11)13-3-1-2-4-13/h5-8,11,13,17H,1-4,9-10H2,(H,20,23)/t11-/m0/s1. The molecule has 1 N–H and O–H groups in total. The molecule has 1 aromatic rings. The van der Waals surface area contributed by atoms with Crippen molar-refractivity contribution >= 4 is 29.3 Å². The van der Waals surface area contributed by atoms with Gasteiger partial charge in [0.25, 0.3) is 5.76 Å². The van der Waals surface area contributed by atoms with Crippen LogP contribution >= 0.6 is 11.8 Å². The van der Waals surface area contributed by atoms with Crippen molar-refractivity contribution in [3.05, 3.63) is 24.3 Å². The highest BCUT2D eigenvalue weighted by molar-refractivity contribution is 7.99. The molecule has 0 unspecified atom stereocenters. The van der Waals surface area contributed by atoms with E-state index in [1.54, 1.807) is 24.3 Å². The number of alkyl halides is 2. The van der Waals surface area contributed by atoms with Crippen LogP contribution in [0, 0.1) is 5.92 Å². The summed E-state index contributed by atoms with van der Waals surface area (Å²) >= 11 is 0.469. The van der Waals surface area contributed by atoms with Crippen molar-refractivity contribution in [2.24, 2.45) is 5.92 Å². The second-order valence-corrected chi connectivity index (χ2v) is 7.34. The minimum Gasteiger partial charge on any atom is -0.339 e. The van der Waals surface area contributed by atoms with Crippen molar-refractivity contribution < 1.29 is 18.4 Å². The number of anilines is 1. The third-order valence-electron chi connectivity index (χ3n) is 4.64. The summed E-state index contributed by atoms with van der Waals surface area (Å²) in [5.74, 6) is -2.92. The molecular formula is C17H20F2N2O2S. The average Bonchev–Trinajstić information content (AvgIpc) is 3.17. The predicted octanol–water partition coefficient (Wildman–Crippen LogP) is 3.73. The molecule has 2 fully saturated rings. The molecule has 0 radical (unpaired) electrons. The first kappa shape index (κ1) is 17.2. The van der Waals surface area contributed by atoms with Gasteiger partial charge in [-0.1, -0.05) is 24.6 Å². The Morgan fingerprint density at radius 3 is 2.50 bits per heavy atom. The Morgan fingerprint density at radius 1 is 1.21 bits per heavy atom. The number of benzene rings is 1. The highest BCUT2D eigenvalue weighted by Gasteiger charge is 2.38. The van der Waals surface area contributed by atoms with Crippen molar-refractivity contribution in [2.75, 3.05) is 11.9 Å². The van der Waals surface area contributed by atoms with Gasteiger partial charge in [-0.05, 0) is 37.1 Å². The molecule has 0 aromatic heterocycles. The van der Waals surface area contributed by atoms with Gasteiger partial charge >= 0.3 is 0 Å². The highest BCUT2D eigenvalue weighted by Crippen LogP contribution is 2.30. The first-order chi connectivity index (χ1) is 11.5. The van der Waals surface area contributed by atoms with E-state index < -0.39 is 5.76 Å². The lowest BCUT2D eigenvalue weighted by Crippen LogP contribution is -2.35. The fourth-order valence-corrected chi connectivity index (χ4v) is 3.94. The zero-order valence-electron chi connectivity index (χ0n) is 13.2. The molecular weight excluding hydrogens is 334 g/mol. The van der Waals surface area contributed by atoms with Crippen LogP contribution in [0.5, 0.6) is 0 Å². The molecule has 130 valence electrons. The van der Waals surface area contributed by atoms with Gasteiger partial charge in [-0.3, -0.25) is 9.59 Å². The maximum absolute atomic E-state index is 12.4. The summed E-state index contributed by atoms with van der Waals surface area (Å²) in [5, 5.41) is 2.78. The van der Waals surface area contributed by atoms with E-state index in [2.05, 4.69) is 5.32 Å². The highest BCUT2D eigenvalue weighted by atomic mass is 32.2. The van der Waals surface area contributed by atoms with Gasteiger partial charge in [0, 0.05) is 29.6 Å². The predicted molar refractivity (Wildman–Crippen MR) is 89.0 cm³/mol. The van der Waals surface area contributed by atoms with E-state index in [0.717, 1.165) is 25.7 Å². The molecule has 1 heterocycles. The molecule has 1 aromatic carbocycles. The lowest BCUT2D eigenvalue weighted by atomic mass is 10.1. The Kier molecular flexibility index (Phi) is 5.38. The smallest absolute Gasteiger partial charge is 0.288 e. The Balaban J connectivity index is 1.56. The van der Waals surface area contributed by atoms with Gasteiger partial charge in [-0.15, -0.1) is 0 Å². The van der Waals surface area contributed by atoms with Crippen molar-refractivity contribution in [3.8, 4) is 0 Å². The fraction of sp³-hybridized carbons (Fsp3) is 0.529. The van der Waals surface area contributed by atoms with Crippen LogP contribution in [0.25, 0.3) is 0 Å². The Morgan fingerprint density at radius 2 is 1.88 bits per heavy atom. The first-order valence-corrected chi connectivity index (χ1v) is 9.06. The second-order valence-electron chi connectivity index (χ2n) is 6.28. The van der Waals surface area contributed by atoms with Gasteiger partial charge in [-0.2, -0.15) is 8.78 Å². The van der Waals surface area contributed by atoms with Crippen LogP contribution in [0.15, 0.2) is 29.2 Å². The molecule has 2 amide bonds. The normalized spacial score (nSPS) is 21.7. The second kappa shape index (κ2) is 7.51. The van der Waals surface area contributed by atoms with Gasteiger partial charge in [0.15, 0.2) is 0 Å². The van der Waals surface area contributed by atoms with E-state index in [1.807, 2.05) is 4.90 Å². The summed E-state index contributed by atoms with van der Waals surface area (Å²) < 4.78 is 24.6. The van der Waals surface area contributed by atoms with Crippen molar-refractivity contribution in [1.29, 1.82) is 0 Å². The summed E-state index contributed by atoms with van der Waals surface area (Å²) in [4.78, 5) is 26.8. The van der Waals surface area contributed by atoms with E-state index >= 15 is 0 Å². The topological polar surface area (TPSA) is 49.4 Å². The van der Waals surface area contributed by atoms with Crippen LogP contribution in [0.2, 0.25) is 0 Å². The van der Waals surface area contributed by atoms with Crippen LogP contribution in [-0.2, 0) is 9.59 Å². The largest absolute Gasteiger partial charge is 0.339 e. The number of rotatable bonds is 5. The monoisotopic (exact) mass is 354 g/mol. The number of nitrogens with one attached hydrogen (secondary N) is 1. The number of hydrogen-bond donors (Lipinski definition) is 1. The van der Waals surface area contributed by atoms with Crippen LogP contribution in [-0.4, -0.2) is 35.1 Å². The van der Waals surface area contributed by atoms with E-state index in [0.29, 0.717) is 34.9 Å². The van der Waals surface area contributed by atoms with Crippen molar-refractivity contribution in [3.63, 3.8) is 0 Å². The molecule has 4 nitrogen and oxygen atoms in total. The van der Waals surface area contributed by atoms with Crippen LogP contribution in [0.4, 0.5) is 14.5 Å². The number of nitrogens with zero attached hydrogens (tertiary/aromatic N) is 1. The van der Waals surface area contributed by atoms with Crippen LogP contribution in [0.3, 0.4) is 0 Å². The first-order valence-electron chi connectivity index (χ1n) is 8.18. The number of thioether (sulfide) groups is 1. The molecule has 1 aliphatic heterocycles. The molecule has 1 atom stereocenters. The lowest BCUT2D eigenvalue weighted by molar-refractivity contribution is -0.129. The SMILES string of the molecule is O=C(Nc1ccc(SC(F)F)cc1)[C@H]1CC(=O)N(C2CCCC2)C1. The van der Waals surface area contributed by atoms with Gasteiger partial charge in [-0.25, -0.2) is 0 Å². The Hall–Kier alpha value is -1.63. The molecule has 1 aliphatic carbocycles. The van der Waals surface area contributed by atoms with Crippen LogP contribution in [0.1, 0.15) is 32.1 Å². The summed E-state index contributed by atoms with van der Waals surface area (Å²) in [7, 11) is 0. The Labute approximate surface area is 144 Å². The molecule has 2 aliphatic rings. The molecule has 3 rings (SSSR count). The summed E-state index contributed by atoms with van der Waals surface area (Å²) in [6, 6.07) is 6.61. The fourth-order valence-electron chi connectivity index (χ4n) is 3.44. The molecule has 1 saturated carbocycles. The number of carbonyl (C=O) groups excluding carboxylic acids is 2. The summed E-state index contributed by atoms with van der Waals surface area (Å²) in [6.45, 7) is 0.481. The number of likely N-dealkylation sites (tertiary alicyclic amines) is 1. The van der Waals surface area contributed by atoms with Crippen molar-refractivity contribution in [2.45, 2.75) is 48.8 Å². The minimum absolute atomic E-state index is 0.0609. The molecule has 1 saturated heterocycles. The number of halogens is 2. The molecule has 7 heteroatoms. The molecule has 0 bridgehead atoms. The summed E-state index contributed by atoms with van der Waals surface area (Å²) in [6.07, 6.45) is 4.61. The summed E-state index contributed by atoms with van der Waals surface area (Å²) in [5.41, 5.74) is 0.561. The lowest BCUT2D eigenvalue weighted by Gasteiger charge is -2.23.